The van der Waals surface area contributed by atoms with Crippen LogP contribution in [-0.2, 0) is 4.79 Å². The highest BCUT2D eigenvalue weighted by Gasteiger charge is 2.12. The van der Waals surface area contributed by atoms with Gasteiger partial charge in [0.2, 0.25) is 0 Å². The summed E-state index contributed by atoms with van der Waals surface area (Å²) < 4.78 is 5.75. The smallest absolute Gasteiger partial charge is 0.267 e. The predicted molar refractivity (Wildman–Crippen MR) is 98.7 cm³/mol. The van der Waals surface area contributed by atoms with Crippen LogP contribution in [0.1, 0.15) is 5.56 Å². The second-order valence-corrected chi connectivity index (χ2v) is 5.35. The number of nitrogens with two attached hydrogens (primary N) is 1. The first-order chi connectivity index (χ1) is 12.1. The number of hydrogen-bond donors (Lipinski definition) is 3. The minimum atomic E-state index is -0.763. The molecule has 3 rings (SSSR count). The van der Waals surface area contributed by atoms with E-state index in [1.807, 2.05) is 60.7 Å². The van der Waals surface area contributed by atoms with Crippen molar-refractivity contribution < 1.29 is 9.53 Å². The Hall–Kier alpha value is -3.60. The molecule has 0 heterocycles. The number of carbonyl (C=O) groups is 1. The maximum atomic E-state index is 11.3. The van der Waals surface area contributed by atoms with Crippen molar-refractivity contribution in [1.82, 2.24) is 0 Å². The molecule has 0 atom stereocenters. The molecule has 0 unspecified atom stereocenters. The van der Waals surface area contributed by atoms with Gasteiger partial charge in [0.05, 0.1) is 0 Å². The highest BCUT2D eigenvalue weighted by Crippen LogP contribution is 2.25. The van der Waals surface area contributed by atoms with Crippen LogP contribution in [0.5, 0.6) is 11.5 Å². The van der Waals surface area contributed by atoms with Crippen molar-refractivity contribution in [3.63, 3.8) is 0 Å². The van der Waals surface area contributed by atoms with Gasteiger partial charge in [0.1, 0.15) is 17.2 Å². The quantitative estimate of drug-likeness (QED) is 0.595. The van der Waals surface area contributed by atoms with E-state index in [0.29, 0.717) is 11.3 Å². The molecule has 3 aromatic carbocycles. The summed E-state index contributed by atoms with van der Waals surface area (Å²) in [5.74, 6) is 0.722. The molecule has 0 aliphatic heterocycles. The molecule has 5 nitrogen and oxygen atoms in total. The number of primary amides is 1. The summed E-state index contributed by atoms with van der Waals surface area (Å²) in [6.07, 6.45) is 0. The van der Waals surface area contributed by atoms with E-state index < -0.39 is 5.91 Å². The topological polar surface area (TPSA) is 88.2 Å². The van der Waals surface area contributed by atoms with Gasteiger partial charge in [0, 0.05) is 16.9 Å². The van der Waals surface area contributed by atoms with Gasteiger partial charge in [-0.3, -0.25) is 10.2 Å². The minimum absolute atomic E-state index is 0.230. The number of rotatable bonds is 6. The summed E-state index contributed by atoms with van der Waals surface area (Å²) in [6, 6.07) is 24.0. The summed E-state index contributed by atoms with van der Waals surface area (Å²) in [5.41, 5.74) is 6.90. The van der Waals surface area contributed by atoms with Gasteiger partial charge in [-0.2, -0.15) is 0 Å². The number of hydrogen-bond acceptors (Lipinski definition) is 4. The summed E-state index contributed by atoms with van der Waals surface area (Å²) in [6.45, 7) is 0. The molecule has 1 amide bonds. The highest BCUT2D eigenvalue weighted by atomic mass is 16.5. The SMILES string of the molecule is N=C(C(N)=O)c1ccccc1Nc1ccc(Oc2ccccc2)cc1. The van der Waals surface area contributed by atoms with Crippen molar-refractivity contribution in [2.75, 3.05) is 5.32 Å². The predicted octanol–water partition coefficient (Wildman–Crippen LogP) is 4.08. The molecule has 5 heteroatoms. The van der Waals surface area contributed by atoms with E-state index in [0.717, 1.165) is 17.2 Å². The number of ether oxygens (including phenoxy) is 1. The molecule has 124 valence electrons. The monoisotopic (exact) mass is 331 g/mol. The molecule has 4 N–H and O–H groups in total. The van der Waals surface area contributed by atoms with Crippen molar-refractivity contribution in [3.05, 3.63) is 84.4 Å². The van der Waals surface area contributed by atoms with Crippen LogP contribution in [0, 0.1) is 5.41 Å². The molecular weight excluding hydrogens is 314 g/mol. The van der Waals surface area contributed by atoms with Crippen LogP contribution in [0.2, 0.25) is 0 Å². The number of para-hydroxylation sites is 2. The van der Waals surface area contributed by atoms with Gasteiger partial charge in [-0.25, -0.2) is 0 Å². The largest absolute Gasteiger partial charge is 0.457 e. The van der Waals surface area contributed by atoms with Crippen molar-refractivity contribution in [2.45, 2.75) is 0 Å². The fraction of sp³-hybridized carbons (Fsp3) is 0. The molecule has 25 heavy (non-hydrogen) atoms. The lowest BCUT2D eigenvalue weighted by molar-refractivity contribution is -0.112. The van der Waals surface area contributed by atoms with Gasteiger partial charge in [-0.15, -0.1) is 0 Å². The van der Waals surface area contributed by atoms with Crippen molar-refractivity contribution in [1.29, 1.82) is 5.41 Å². The Labute approximate surface area is 145 Å². The zero-order valence-electron chi connectivity index (χ0n) is 13.4. The molecule has 0 bridgehead atoms. The van der Waals surface area contributed by atoms with Crippen LogP contribution in [-0.4, -0.2) is 11.6 Å². The third-order valence-corrected chi connectivity index (χ3v) is 3.56. The summed E-state index contributed by atoms with van der Waals surface area (Å²) in [4.78, 5) is 11.3. The van der Waals surface area contributed by atoms with E-state index in [4.69, 9.17) is 15.9 Å². The molecule has 0 spiro atoms. The molecule has 0 fully saturated rings. The van der Waals surface area contributed by atoms with Crippen LogP contribution >= 0.6 is 0 Å². The zero-order chi connectivity index (χ0) is 17.6. The Morgan fingerprint density at radius 2 is 1.44 bits per heavy atom. The molecule has 0 saturated carbocycles. The number of carbonyl (C=O) groups excluding carboxylic acids is 1. The first-order valence-electron chi connectivity index (χ1n) is 7.71. The Bertz CT molecular complexity index is 890. The summed E-state index contributed by atoms with van der Waals surface area (Å²) >= 11 is 0. The lowest BCUT2D eigenvalue weighted by Crippen LogP contribution is -2.23. The first kappa shape index (κ1) is 16.3. The van der Waals surface area contributed by atoms with E-state index in [2.05, 4.69) is 5.32 Å². The number of benzene rings is 3. The molecule has 0 saturated heterocycles. The Balaban J connectivity index is 1.76. The van der Waals surface area contributed by atoms with Gasteiger partial charge in [0.15, 0.2) is 0 Å². The average molecular weight is 331 g/mol. The van der Waals surface area contributed by atoms with Crippen LogP contribution in [0.25, 0.3) is 0 Å². The number of amides is 1. The van der Waals surface area contributed by atoms with Crippen LogP contribution in [0.4, 0.5) is 11.4 Å². The lowest BCUT2D eigenvalue weighted by Gasteiger charge is -2.12. The zero-order valence-corrected chi connectivity index (χ0v) is 13.4. The second kappa shape index (κ2) is 7.31. The number of nitrogens with one attached hydrogen (secondary N) is 2. The highest BCUT2D eigenvalue weighted by molar-refractivity contribution is 6.44. The standard InChI is InChI=1S/C20H17N3O2/c21-19(20(22)24)17-8-4-5-9-18(17)23-14-10-12-16(13-11-14)25-15-6-2-1-3-7-15/h1-13,21,23H,(H2,22,24). The lowest BCUT2D eigenvalue weighted by atomic mass is 10.1. The van der Waals surface area contributed by atoms with E-state index in [-0.39, 0.29) is 5.71 Å². The molecule has 3 aromatic rings. The molecule has 0 aromatic heterocycles. The second-order valence-electron chi connectivity index (χ2n) is 5.35. The normalized spacial score (nSPS) is 10.1. The van der Waals surface area contributed by atoms with Crippen molar-refractivity contribution >= 4 is 23.0 Å². The van der Waals surface area contributed by atoms with Gasteiger partial charge in [-0.1, -0.05) is 36.4 Å². The molecular formula is C20H17N3O2. The maximum absolute atomic E-state index is 11.3. The Morgan fingerprint density at radius 3 is 2.12 bits per heavy atom. The average Bonchev–Trinajstić information content (AvgIpc) is 2.64. The van der Waals surface area contributed by atoms with Gasteiger partial charge >= 0.3 is 0 Å². The van der Waals surface area contributed by atoms with E-state index in [9.17, 15) is 4.79 Å². The maximum Gasteiger partial charge on any atom is 0.267 e. The van der Waals surface area contributed by atoms with Crippen molar-refractivity contribution in [2.24, 2.45) is 5.73 Å². The third-order valence-electron chi connectivity index (χ3n) is 3.56. The third kappa shape index (κ3) is 4.03. The van der Waals surface area contributed by atoms with Gasteiger partial charge < -0.3 is 15.8 Å². The summed E-state index contributed by atoms with van der Waals surface area (Å²) in [7, 11) is 0. The van der Waals surface area contributed by atoms with E-state index in [1.54, 1.807) is 18.2 Å². The first-order valence-corrected chi connectivity index (χ1v) is 7.71. The van der Waals surface area contributed by atoms with Crippen LogP contribution in [0.15, 0.2) is 78.9 Å². The Morgan fingerprint density at radius 1 is 0.840 bits per heavy atom. The molecule has 0 radical (unpaired) electrons. The number of anilines is 2. The van der Waals surface area contributed by atoms with Crippen LogP contribution < -0.4 is 15.8 Å². The van der Waals surface area contributed by atoms with E-state index >= 15 is 0 Å². The van der Waals surface area contributed by atoms with E-state index in [1.165, 1.54) is 0 Å². The molecule has 0 aliphatic rings. The minimum Gasteiger partial charge on any atom is -0.457 e. The summed E-state index contributed by atoms with van der Waals surface area (Å²) in [5, 5.41) is 11.0. The molecule has 0 aliphatic carbocycles. The fourth-order valence-corrected chi connectivity index (χ4v) is 2.33. The van der Waals surface area contributed by atoms with Gasteiger partial charge in [-0.05, 0) is 42.5 Å². The van der Waals surface area contributed by atoms with Crippen LogP contribution in [0.3, 0.4) is 0 Å². The Kier molecular flexibility index (Phi) is 4.76. The van der Waals surface area contributed by atoms with Crippen molar-refractivity contribution in [3.8, 4) is 11.5 Å². The van der Waals surface area contributed by atoms with Gasteiger partial charge in [0.25, 0.3) is 5.91 Å². The fourth-order valence-electron chi connectivity index (χ4n) is 2.33.